The summed E-state index contributed by atoms with van der Waals surface area (Å²) in [7, 11) is -3.68. The van der Waals surface area contributed by atoms with Crippen molar-refractivity contribution >= 4 is 21.4 Å². The lowest BCUT2D eigenvalue weighted by atomic mass is 10.2. The molecule has 0 radical (unpaired) electrons. The van der Waals surface area contributed by atoms with E-state index >= 15 is 0 Å². The molecule has 0 fully saturated rings. The molecular formula is C7H8F2N2O2S. The van der Waals surface area contributed by atoms with Gasteiger partial charge in [-0.2, -0.15) is 0 Å². The molecule has 0 saturated carbocycles. The third-order valence-electron chi connectivity index (χ3n) is 1.41. The van der Waals surface area contributed by atoms with Gasteiger partial charge >= 0.3 is 0 Å². The van der Waals surface area contributed by atoms with Gasteiger partial charge in [0, 0.05) is 0 Å². The number of benzene rings is 1. The molecule has 7 heteroatoms. The molecular weight excluding hydrogens is 214 g/mol. The monoisotopic (exact) mass is 222 g/mol. The molecule has 1 aromatic rings. The topological polar surface area (TPSA) is 72.2 Å². The van der Waals surface area contributed by atoms with Crippen molar-refractivity contribution in [3.63, 3.8) is 0 Å². The summed E-state index contributed by atoms with van der Waals surface area (Å²) in [6.07, 6.45) is 0.816. The minimum atomic E-state index is -3.68. The summed E-state index contributed by atoms with van der Waals surface area (Å²) in [5.41, 5.74) is 4.53. The van der Waals surface area contributed by atoms with Crippen molar-refractivity contribution < 1.29 is 17.2 Å². The predicted molar refractivity (Wildman–Crippen MR) is 49.2 cm³/mol. The number of hydrogen-bond donors (Lipinski definition) is 2. The van der Waals surface area contributed by atoms with Crippen LogP contribution in [0.2, 0.25) is 0 Å². The maximum Gasteiger partial charge on any atom is 0.229 e. The van der Waals surface area contributed by atoms with Crippen LogP contribution in [0.3, 0.4) is 0 Å². The highest BCUT2D eigenvalue weighted by Gasteiger charge is 2.14. The van der Waals surface area contributed by atoms with Crippen molar-refractivity contribution in [1.82, 2.24) is 0 Å². The van der Waals surface area contributed by atoms with Crippen molar-refractivity contribution in [2.75, 3.05) is 16.7 Å². The van der Waals surface area contributed by atoms with Gasteiger partial charge < -0.3 is 5.73 Å². The maximum absolute atomic E-state index is 13.0. The SMILES string of the molecule is CS(=O)(=O)Nc1c(N)ccc(F)c1F. The first-order chi connectivity index (χ1) is 6.31. The molecule has 0 unspecified atom stereocenters. The van der Waals surface area contributed by atoms with E-state index in [0.717, 1.165) is 18.4 Å². The molecule has 0 aliphatic rings. The van der Waals surface area contributed by atoms with Gasteiger partial charge in [0.1, 0.15) is 5.69 Å². The lowest BCUT2D eigenvalue weighted by Crippen LogP contribution is -2.13. The van der Waals surface area contributed by atoms with Crippen molar-refractivity contribution in [3.8, 4) is 0 Å². The van der Waals surface area contributed by atoms with Gasteiger partial charge in [-0.25, -0.2) is 17.2 Å². The Morgan fingerprint density at radius 1 is 1.36 bits per heavy atom. The zero-order valence-electron chi connectivity index (χ0n) is 7.21. The summed E-state index contributed by atoms with van der Waals surface area (Å²) in [4.78, 5) is 0. The van der Waals surface area contributed by atoms with Crippen molar-refractivity contribution in [2.45, 2.75) is 0 Å². The molecule has 0 aliphatic heterocycles. The molecule has 3 N–H and O–H groups in total. The van der Waals surface area contributed by atoms with E-state index in [0.29, 0.717) is 0 Å². The molecule has 0 bridgehead atoms. The third-order valence-corrected chi connectivity index (χ3v) is 1.99. The van der Waals surface area contributed by atoms with Gasteiger partial charge in [-0.1, -0.05) is 0 Å². The average Bonchev–Trinajstić information content (AvgIpc) is 2.04. The van der Waals surface area contributed by atoms with E-state index in [1.54, 1.807) is 4.72 Å². The van der Waals surface area contributed by atoms with Crippen LogP contribution < -0.4 is 10.5 Å². The van der Waals surface area contributed by atoms with Gasteiger partial charge in [0.2, 0.25) is 10.0 Å². The largest absolute Gasteiger partial charge is 0.397 e. The molecule has 78 valence electrons. The van der Waals surface area contributed by atoms with Gasteiger partial charge in [0.15, 0.2) is 11.6 Å². The lowest BCUT2D eigenvalue weighted by Gasteiger charge is -2.08. The lowest BCUT2D eigenvalue weighted by molar-refractivity contribution is 0.512. The summed E-state index contributed by atoms with van der Waals surface area (Å²) in [6, 6.07) is 1.89. The minimum Gasteiger partial charge on any atom is -0.397 e. The molecule has 4 nitrogen and oxygen atoms in total. The third kappa shape index (κ3) is 2.32. The Morgan fingerprint density at radius 2 is 1.93 bits per heavy atom. The Hall–Kier alpha value is -1.37. The second-order valence-electron chi connectivity index (χ2n) is 2.70. The first-order valence-electron chi connectivity index (χ1n) is 3.52. The quantitative estimate of drug-likeness (QED) is 0.731. The zero-order valence-corrected chi connectivity index (χ0v) is 8.03. The summed E-state index contributed by atoms with van der Waals surface area (Å²) in [5, 5.41) is 0. The molecule has 14 heavy (non-hydrogen) atoms. The molecule has 1 aromatic carbocycles. The van der Waals surface area contributed by atoms with E-state index in [2.05, 4.69) is 0 Å². The van der Waals surface area contributed by atoms with E-state index in [1.165, 1.54) is 0 Å². The fraction of sp³-hybridized carbons (Fsp3) is 0.143. The number of anilines is 2. The van der Waals surface area contributed by atoms with Crippen LogP contribution in [0.4, 0.5) is 20.2 Å². The average molecular weight is 222 g/mol. The minimum absolute atomic E-state index is 0.172. The molecule has 0 spiro atoms. The van der Waals surface area contributed by atoms with Crippen LogP contribution in [0.5, 0.6) is 0 Å². The van der Waals surface area contributed by atoms with Crippen molar-refractivity contribution in [1.29, 1.82) is 0 Å². The predicted octanol–water partition coefficient (Wildman–Crippen LogP) is 0.918. The highest BCUT2D eigenvalue weighted by Crippen LogP contribution is 2.25. The summed E-state index contributed by atoms with van der Waals surface area (Å²) < 4.78 is 49.0. The first-order valence-corrected chi connectivity index (χ1v) is 5.41. The van der Waals surface area contributed by atoms with Crippen LogP contribution in [0.15, 0.2) is 12.1 Å². The van der Waals surface area contributed by atoms with Gasteiger partial charge in [0.05, 0.1) is 11.9 Å². The van der Waals surface area contributed by atoms with E-state index < -0.39 is 27.3 Å². The molecule has 0 amide bonds. The Labute approximate surface area is 79.8 Å². The number of nitrogens with one attached hydrogen (secondary N) is 1. The van der Waals surface area contributed by atoms with Gasteiger partial charge in [0.25, 0.3) is 0 Å². The van der Waals surface area contributed by atoms with Gasteiger partial charge in [-0.05, 0) is 12.1 Å². The smallest absolute Gasteiger partial charge is 0.229 e. The van der Waals surface area contributed by atoms with Crippen LogP contribution in [-0.2, 0) is 10.0 Å². The highest BCUT2D eigenvalue weighted by molar-refractivity contribution is 7.92. The molecule has 0 atom stereocenters. The molecule has 0 saturated heterocycles. The number of nitrogen functional groups attached to an aromatic ring is 1. The Morgan fingerprint density at radius 3 is 2.43 bits per heavy atom. The van der Waals surface area contributed by atoms with Crippen LogP contribution in [0.25, 0.3) is 0 Å². The van der Waals surface area contributed by atoms with Crippen molar-refractivity contribution in [2.24, 2.45) is 0 Å². The second kappa shape index (κ2) is 3.41. The maximum atomic E-state index is 13.0. The van der Waals surface area contributed by atoms with Crippen LogP contribution in [0.1, 0.15) is 0 Å². The van der Waals surface area contributed by atoms with E-state index in [9.17, 15) is 17.2 Å². The molecule has 0 aromatic heterocycles. The number of halogens is 2. The summed E-state index contributed by atoms with van der Waals surface area (Å²) >= 11 is 0. The van der Waals surface area contributed by atoms with Crippen molar-refractivity contribution in [3.05, 3.63) is 23.8 Å². The molecule has 1 rings (SSSR count). The zero-order chi connectivity index (χ0) is 10.9. The van der Waals surface area contributed by atoms with E-state index in [1.807, 2.05) is 0 Å². The van der Waals surface area contributed by atoms with Crippen LogP contribution in [-0.4, -0.2) is 14.7 Å². The summed E-state index contributed by atoms with van der Waals surface area (Å²) in [6.45, 7) is 0. The Bertz CT molecular complexity index is 459. The number of hydrogen-bond acceptors (Lipinski definition) is 3. The van der Waals surface area contributed by atoms with Gasteiger partial charge in [-0.3, -0.25) is 4.72 Å². The standard InChI is InChI=1S/C7H8F2N2O2S/c1-14(12,13)11-7-5(10)3-2-4(8)6(7)9/h2-3,11H,10H2,1H3. The summed E-state index contributed by atoms with van der Waals surface area (Å²) in [5.74, 6) is -2.47. The number of rotatable bonds is 2. The Balaban J connectivity index is 3.27. The number of sulfonamides is 1. The second-order valence-corrected chi connectivity index (χ2v) is 4.45. The molecule has 0 heterocycles. The van der Waals surface area contributed by atoms with E-state index in [-0.39, 0.29) is 5.69 Å². The van der Waals surface area contributed by atoms with Gasteiger partial charge in [-0.15, -0.1) is 0 Å². The van der Waals surface area contributed by atoms with Crippen LogP contribution in [0, 0.1) is 11.6 Å². The highest BCUT2D eigenvalue weighted by atomic mass is 32.2. The normalized spacial score (nSPS) is 11.4. The number of nitrogens with two attached hydrogens (primary N) is 1. The first kappa shape index (κ1) is 10.7. The fourth-order valence-electron chi connectivity index (χ4n) is 0.855. The van der Waals surface area contributed by atoms with Crippen LogP contribution >= 0.6 is 0 Å². The fourth-order valence-corrected chi connectivity index (χ4v) is 1.43. The molecule has 0 aliphatic carbocycles. The van der Waals surface area contributed by atoms with E-state index in [4.69, 9.17) is 5.73 Å². The Kier molecular flexibility index (Phi) is 2.61.